The first kappa shape index (κ1) is 12.0. The molecule has 1 aromatic carbocycles. The Bertz CT molecular complexity index is 332. The van der Waals surface area contributed by atoms with E-state index in [0.29, 0.717) is 13.0 Å². The van der Waals surface area contributed by atoms with Gasteiger partial charge in [-0.15, -0.1) is 6.58 Å². The Morgan fingerprint density at radius 2 is 2.07 bits per heavy atom. The van der Waals surface area contributed by atoms with Gasteiger partial charge in [0.2, 0.25) is 5.91 Å². The molecule has 0 spiro atoms. The van der Waals surface area contributed by atoms with E-state index in [-0.39, 0.29) is 5.91 Å². The highest BCUT2D eigenvalue weighted by atomic mass is 79.9. The van der Waals surface area contributed by atoms with E-state index in [4.69, 9.17) is 0 Å². The van der Waals surface area contributed by atoms with Crippen molar-refractivity contribution in [3.8, 4) is 0 Å². The van der Waals surface area contributed by atoms with Gasteiger partial charge in [-0.05, 0) is 24.1 Å². The van der Waals surface area contributed by atoms with Crippen LogP contribution in [0, 0.1) is 0 Å². The Morgan fingerprint density at radius 3 is 2.67 bits per heavy atom. The second-order valence-corrected chi connectivity index (χ2v) is 4.13. The van der Waals surface area contributed by atoms with Crippen LogP contribution in [-0.4, -0.2) is 12.5 Å². The van der Waals surface area contributed by atoms with Crippen molar-refractivity contribution in [1.82, 2.24) is 5.32 Å². The molecule has 1 N–H and O–H groups in total. The van der Waals surface area contributed by atoms with Gasteiger partial charge in [0.25, 0.3) is 0 Å². The largest absolute Gasteiger partial charge is 0.353 e. The summed E-state index contributed by atoms with van der Waals surface area (Å²) in [5.41, 5.74) is 1.17. The summed E-state index contributed by atoms with van der Waals surface area (Å²) in [7, 11) is 0. The van der Waals surface area contributed by atoms with Crippen LogP contribution in [0.4, 0.5) is 0 Å². The maximum Gasteiger partial charge on any atom is 0.220 e. The van der Waals surface area contributed by atoms with E-state index >= 15 is 0 Å². The van der Waals surface area contributed by atoms with E-state index in [1.165, 1.54) is 5.56 Å². The molecule has 0 bridgehead atoms. The van der Waals surface area contributed by atoms with Crippen LogP contribution in [0.2, 0.25) is 0 Å². The highest BCUT2D eigenvalue weighted by molar-refractivity contribution is 9.10. The molecule has 0 unspecified atom stereocenters. The number of carbonyl (C=O) groups excluding carboxylic acids is 1. The van der Waals surface area contributed by atoms with Crippen molar-refractivity contribution in [3.05, 3.63) is 47.0 Å². The van der Waals surface area contributed by atoms with Crippen LogP contribution in [0.5, 0.6) is 0 Å². The van der Waals surface area contributed by atoms with Crippen LogP contribution < -0.4 is 5.32 Å². The second kappa shape index (κ2) is 6.40. The molecule has 0 heterocycles. The molecule has 0 saturated heterocycles. The zero-order valence-corrected chi connectivity index (χ0v) is 10.1. The fourth-order valence-electron chi connectivity index (χ4n) is 1.18. The Kier molecular flexibility index (Phi) is 5.12. The lowest BCUT2D eigenvalue weighted by Gasteiger charge is -2.02. The minimum Gasteiger partial charge on any atom is -0.353 e. The summed E-state index contributed by atoms with van der Waals surface area (Å²) in [5, 5.41) is 2.75. The highest BCUT2D eigenvalue weighted by Crippen LogP contribution is 2.11. The van der Waals surface area contributed by atoms with Crippen molar-refractivity contribution < 1.29 is 4.79 Å². The summed E-state index contributed by atoms with van der Waals surface area (Å²) in [5.74, 6) is 0.0674. The molecule has 2 nitrogen and oxygen atoms in total. The van der Waals surface area contributed by atoms with Gasteiger partial charge in [0.15, 0.2) is 0 Å². The topological polar surface area (TPSA) is 29.1 Å². The van der Waals surface area contributed by atoms with Crippen molar-refractivity contribution in [2.45, 2.75) is 12.8 Å². The summed E-state index contributed by atoms with van der Waals surface area (Å²) in [6.45, 7) is 4.08. The van der Waals surface area contributed by atoms with Crippen molar-refractivity contribution in [3.63, 3.8) is 0 Å². The first-order chi connectivity index (χ1) is 7.22. The number of hydrogen-bond acceptors (Lipinski definition) is 1. The molecule has 80 valence electrons. The average molecular weight is 268 g/mol. The van der Waals surface area contributed by atoms with E-state index in [1.807, 2.05) is 24.3 Å². The molecule has 0 fully saturated rings. The zero-order chi connectivity index (χ0) is 11.1. The predicted octanol–water partition coefficient (Wildman–Crippen LogP) is 2.68. The smallest absolute Gasteiger partial charge is 0.220 e. The van der Waals surface area contributed by atoms with Gasteiger partial charge in [-0.25, -0.2) is 0 Å². The fraction of sp³-hybridized carbons (Fsp3) is 0.250. The van der Waals surface area contributed by atoms with Gasteiger partial charge in [-0.3, -0.25) is 4.79 Å². The SMILES string of the molecule is C=CCNC(=O)CCc1ccc(Br)cc1. The Labute approximate surface area is 98.5 Å². The molecule has 0 aliphatic heterocycles. The molecule has 1 rings (SSSR count). The first-order valence-corrected chi connectivity index (χ1v) is 5.63. The molecule has 15 heavy (non-hydrogen) atoms. The van der Waals surface area contributed by atoms with Gasteiger partial charge < -0.3 is 5.32 Å². The Balaban J connectivity index is 2.33. The van der Waals surface area contributed by atoms with Crippen LogP contribution >= 0.6 is 15.9 Å². The number of nitrogens with one attached hydrogen (secondary N) is 1. The van der Waals surface area contributed by atoms with Gasteiger partial charge in [-0.1, -0.05) is 34.1 Å². The lowest BCUT2D eigenvalue weighted by molar-refractivity contribution is -0.120. The molecule has 0 radical (unpaired) electrons. The lowest BCUT2D eigenvalue weighted by Crippen LogP contribution is -2.23. The third-order valence-corrected chi connectivity index (χ3v) is 2.53. The van der Waals surface area contributed by atoms with Crippen LogP contribution in [0.15, 0.2) is 41.4 Å². The molecular weight excluding hydrogens is 254 g/mol. The number of benzene rings is 1. The number of rotatable bonds is 5. The number of amides is 1. The predicted molar refractivity (Wildman–Crippen MR) is 65.7 cm³/mol. The quantitative estimate of drug-likeness (QED) is 0.817. The third-order valence-electron chi connectivity index (χ3n) is 2.00. The summed E-state index contributed by atoms with van der Waals surface area (Å²) in [6, 6.07) is 8.00. The number of aryl methyl sites for hydroxylation is 1. The minimum absolute atomic E-state index is 0.0674. The van der Waals surface area contributed by atoms with E-state index in [0.717, 1.165) is 10.9 Å². The second-order valence-electron chi connectivity index (χ2n) is 3.22. The van der Waals surface area contributed by atoms with Crippen molar-refractivity contribution in [2.75, 3.05) is 6.54 Å². The van der Waals surface area contributed by atoms with Crippen LogP contribution in [0.25, 0.3) is 0 Å². The third kappa shape index (κ3) is 4.79. The van der Waals surface area contributed by atoms with E-state index in [2.05, 4.69) is 27.8 Å². The van der Waals surface area contributed by atoms with Crippen molar-refractivity contribution in [1.29, 1.82) is 0 Å². The Morgan fingerprint density at radius 1 is 1.40 bits per heavy atom. The maximum atomic E-state index is 11.3. The fourth-order valence-corrected chi connectivity index (χ4v) is 1.45. The highest BCUT2D eigenvalue weighted by Gasteiger charge is 2.00. The van der Waals surface area contributed by atoms with Crippen molar-refractivity contribution in [2.24, 2.45) is 0 Å². The van der Waals surface area contributed by atoms with Crippen LogP contribution in [0.1, 0.15) is 12.0 Å². The van der Waals surface area contributed by atoms with E-state index < -0.39 is 0 Å². The Hall–Kier alpha value is -1.09. The van der Waals surface area contributed by atoms with Crippen LogP contribution in [0.3, 0.4) is 0 Å². The van der Waals surface area contributed by atoms with Crippen molar-refractivity contribution >= 4 is 21.8 Å². The number of carbonyl (C=O) groups is 1. The van der Waals surface area contributed by atoms with Gasteiger partial charge in [0.1, 0.15) is 0 Å². The van der Waals surface area contributed by atoms with Crippen LogP contribution in [-0.2, 0) is 11.2 Å². The molecule has 1 aromatic rings. The van der Waals surface area contributed by atoms with Gasteiger partial charge in [0, 0.05) is 17.4 Å². The normalized spacial score (nSPS) is 9.67. The van der Waals surface area contributed by atoms with Gasteiger partial charge in [0.05, 0.1) is 0 Å². The first-order valence-electron chi connectivity index (χ1n) is 4.84. The standard InChI is InChI=1S/C12H14BrNO/c1-2-9-14-12(15)8-5-10-3-6-11(13)7-4-10/h2-4,6-7H,1,5,8-9H2,(H,14,15). The molecule has 0 aromatic heterocycles. The molecule has 1 amide bonds. The lowest BCUT2D eigenvalue weighted by atomic mass is 10.1. The average Bonchev–Trinajstić information content (AvgIpc) is 2.25. The summed E-state index contributed by atoms with van der Waals surface area (Å²) in [4.78, 5) is 11.3. The van der Waals surface area contributed by atoms with Gasteiger partial charge in [-0.2, -0.15) is 0 Å². The van der Waals surface area contributed by atoms with E-state index in [1.54, 1.807) is 6.08 Å². The summed E-state index contributed by atoms with van der Waals surface area (Å²) >= 11 is 3.37. The molecule has 3 heteroatoms. The molecule has 0 atom stereocenters. The monoisotopic (exact) mass is 267 g/mol. The summed E-state index contributed by atoms with van der Waals surface area (Å²) in [6.07, 6.45) is 2.98. The minimum atomic E-state index is 0.0674. The maximum absolute atomic E-state index is 11.3. The summed E-state index contributed by atoms with van der Waals surface area (Å²) < 4.78 is 1.06. The molecule has 0 aliphatic rings. The molecule has 0 aliphatic carbocycles. The number of hydrogen-bond donors (Lipinski definition) is 1. The van der Waals surface area contributed by atoms with Gasteiger partial charge >= 0.3 is 0 Å². The zero-order valence-electron chi connectivity index (χ0n) is 8.50. The molecule has 0 saturated carbocycles. The molecular formula is C12H14BrNO. The number of halogens is 1. The van der Waals surface area contributed by atoms with E-state index in [9.17, 15) is 4.79 Å².